The lowest BCUT2D eigenvalue weighted by molar-refractivity contribution is -0.190. The minimum atomic E-state index is -2.11. The summed E-state index contributed by atoms with van der Waals surface area (Å²) >= 11 is 0. The quantitative estimate of drug-likeness (QED) is 0.0968. The summed E-state index contributed by atoms with van der Waals surface area (Å²) in [7, 11) is 0. The topological polar surface area (TPSA) is 133 Å². The Labute approximate surface area is 209 Å². The molecule has 0 aromatic rings. The number of carbonyl (C=O) groups excluding carboxylic acids is 4. The van der Waals surface area contributed by atoms with Gasteiger partial charge in [-0.25, -0.2) is 9.59 Å². The maximum atomic E-state index is 12.2. The first-order chi connectivity index (χ1) is 16.7. The van der Waals surface area contributed by atoms with Crippen molar-refractivity contribution in [3.05, 3.63) is 0 Å². The SMILES string of the molecule is CCCCCCCCCCCCCCCCCC(=O)OC(=O)C(OC(C)=O)C(OC(C)=O)C(=O)O. The second kappa shape index (κ2) is 20.9. The van der Waals surface area contributed by atoms with Gasteiger partial charge in [-0.15, -0.1) is 0 Å². The third-order valence-electron chi connectivity index (χ3n) is 5.54. The van der Waals surface area contributed by atoms with E-state index in [9.17, 15) is 29.1 Å². The molecule has 0 radical (unpaired) electrons. The molecule has 0 aliphatic carbocycles. The number of aliphatic carboxylic acids is 1. The standard InChI is InChI=1S/C26H44O9/c1-4-5-6-7-8-9-10-11-12-13-14-15-16-17-18-19-22(29)35-26(32)24(34-21(3)28)23(25(30)31)33-20(2)27/h23-24H,4-19H2,1-3H3,(H,30,31). The molecule has 0 saturated heterocycles. The van der Waals surface area contributed by atoms with Gasteiger partial charge in [-0.05, 0) is 6.42 Å². The van der Waals surface area contributed by atoms with Crippen molar-refractivity contribution in [2.75, 3.05) is 0 Å². The van der Waals surface area contributed by atoms with Crippen LogP contribution in [0.25, 0.3) is 0 Å². The molecule has 35 heavy (non-hydrogen) atoms. The van der Waals surface area contributed by atoms with Gasteiger partial charge >= 0.3 is 29.8 Å². The fourth-order valence-corrected chi connectivity index (χ4v) is 3.69. The third kappa shape index (κ3) is 18.5. The van der Waals surface area contributed by atoms with Crippen molar-refractivity contribution in [1.82, 2.24) is 0 Å². The summed E-state index contributed by atoms with van der Waals surface area (Å²) in [6.45, 7) is 4.12. The third-order valence-corrected chi connectivity index (χ3v) is 5.54. The molecule has 9 nitrogen and oxygen atoms in total. The highest BCUT2D eigenvalue weighted by Crippen LogP contribution is 2.14. The van der Waals surface area contributed by atoms with Gasteiger partial charge in [-0.1, -0.05) is 96.8 Å². The zero-order valence-electron chi connectivity index (χ0n) is 21.7. The fourth-order valence-electron chi connectivity index (χ4n) is 3.69. The highest BCUT2D eigenvalue weighted by Gasteiger charge is 2.41. The molecule has 1 N–H and O–H groups in total. The fraction of sp³-hybridized carbons (Fsp3) is 0.808. The molecule has 0 aromatic heterocycles. The largest absolute Gasteiger partial charge is 0.478 e. The van der Waals surface area contributed by atoms with E-state index in [2.05, 4.69) is 21.1 Å². The van der Waals surface area contributed by atoms with Crippen LogP contribution in [0.1, 0.15) is 124 Å². The van der Waals surface area contributed by atoms with Gasteiger partial charge in [0.15, 0.2) is 0 Å². The molecule has 0 rings (SSSR count). The first-order valence-electron chi connectivity index (χ1n) is 13.0. The molecule has 0 bridgehead atoms. The summed E-state index contributed by atoms with van der Waals surface area (Å²) < 4.78 is 13.8. The predicted molar refractivity (Wildman–Crippen MR) is 129 cm³/mol. The Hall–Kier alpha value is -2.45. The first-order valence-corrected chi connectivity index (χ1v) is 13.0. The molecule has 0 aliphatic rings. The van der Waals surface area contributed by atoms with E-state index in [1.165, 1.54) is 64.2 Å². The van der Waals surface area contributed by atoms with Gasteiger partial charge in [0.2, 0.25) is 12.2 Å². The molecule has 0 fully saturated rings. The molecule has 202 valence electrons. The predicted octanol–water partition coefficient (Wildman–Crippen LogP) is 5.27. The highest BCUT2D eigenvalue weighted by atomic mass is 16.6. The maximum absolute atomic E-state index is 12.2. The first kappa shape index (κ1) is 32.5. The summed E-state index contributed by atoms with van der Waals surface area (Å²) in [5.41, 5.74) is 0. The van der Waals surface area contributed by atoms with E-state index in [1.54, 1.807) is 0 Å². The molecular weight excluding hydrogens is 456 g/mol. The Morgan fingerprint density at radius 3 is 1.34 bits per heavy atom. The average molecular weight is 501 g/mol. The summed E-state index contributed by atoms with van der Waals surface area (Å²) in [5, 5.41) is 9.18. The molecule has 0 amide bonds. The Balaban J connectivity index is 4.01. The number of carboxylic acids is 1. The van der Waals surface area contributed by atoms with Crippen molar-refractivity contribution in [2.45, 2.75) is 136 Å². The lowest BCUT2D eigenvalue weighted by atomic mass is 10.0. The van der Waals surface area contributed by atoms with E-state index in [0.717, 1.165) is 39.5 Å². The van der Waals surface area contributed by atoms with E-state index in [-0.39, 0.29) is 6.42 Å². The zero-order chi connectivity index (χ0) is 26.5. The van der Waals surface area contributed by atoms with Crippen molar-refractivity contribution in [3.63, 3.8) is 0 Å². The Kier molecular flexibility index (Phi) is 19.4. The van der Waals surface area contributed by atoms with Crippen LogP contribution in [0.4, 0.5) is 0 Å². The number of ether oxygens (including phenoxy) is 3. The van der Waals surface area contributed by atoms with Crippen molar-refractivity contribution in [2.24, 2.45) is 0 Å². The van der Waals surface area contributed by atoms with E-state index < -0.39 is 42.1 Å². The molecule has 0 aromatic carbocycles. The molecule has 2 atom stereocenters. The summed E-state index contributed by atoms with van der Waals surface area (Å²) in [6, 6.07) is 0. The van der Waals surface area contributed by atoms with Gasteiger partial charge in [-0.3, -0.25) is 14.4 Å². The van der Waals surface area contributed by atoms with Gasteiger partial charge in [0, 0.05) is 20.3 Å². The summed E-state index contributed by atoms with van der Waals surface area (Å²) in [6.07, 6.45) is 13.5. The second-order valence-electron chi connectivity index (χ2n) is 8.89. The molecular formula is C26H44O9. The van der Waals surface area contributed by atoms with Crippen molar-refractivity contribution >= 4 is 29.8 Å². The Morgan fingerprint density at radius 1 is 0.600 bits per heavy atom. The normalized spacial score (nSPS) is 12.4. The summed E-state index contributed by atoms with van der Waals surface area (Å²) in [4.78, 5) is 57.8. The number of hydrogen-bond donors (Lipinski definition) is 1. The van der Waals surface area contributed by atoms with Crippen LogP contribution in [0.2, 0.25) is 0 Å². The van der Waals surface area contributed by atoms with Crippen molar-refractivity contribution in [3.8, 4) is 0 Å². The van der Waals surface area contributed by atoms with Crippen LogP contribution in [-0.2, 0) is 38.2 Å². The van der Waals surface area contributed by atoms with Crippen LogP contribution in [0.15, 0.2) is 0 Å². The average Bonchev–Trinajstić information content (AvgIpc) is 2.78. The Morgan fingerprint density at radius 2 is 0.971 bits per heavy atom. The number of esters is 4. The van der Waals surface area contributed by atoms with Gasteiger partial charge in [-0.2, -0.15) is 0 Å². The lowest BCUT2D eigenvalue weighted by Gasteiger charge is -2.21. The van der Waals surface area contributed by atoms with Crippen molar-refractivity contribution in [1.29, 1.82) is 0 Å². The van der Waals surface area contributed by atoms with Crippen LogP contribution in [0.5, 0.6) is 0 Å². The van der Waals surface area contributed by atoms with Gasteiger partial charge in [0.1, 0.15) is 0 Å². The number of carboxylic acid groups (broad SMARTS) is 1. The smallest absolute Gasteiger partial charge is 0.359 e. The minimum Gasteiger partial charge on any atom is -0.478 e. The van der Waals surface area contributed by atoms with Crippen LogP contribution in [0.3, 0.4) is 0 Å². The molecule has 0 spiro atoms. The Bertz CT molecular complexity index is 645. The molecule has 2 unspecified atom stereocenters. The van der Waals surface area contributed by atoms with Crippen LogP contribution >= 0.6 is 0 Å². The minimum absolute atomic E-state index is 0.0257. The number of carbonyl (C=O) groups is 5. The highest BCUT2D eigenvalue weighted by molar-refractivity contribution is 5.93. The van der Waals surface area contributed by atoms with E-state index in [0.29, 0.717) is 6.42 Å². The maximum Gasteiger partial charge on any atom is 0.359 e. The molecule has 0 saturated carbocycles. The second-order valence-corrected chi connectivity index (χ2v) is 8.89. The lowest BCUT2D eigenvalue weighted by Crippen LogP contribution is -2.46. The van der Waals surface area contributed by atoms with Gasteiger partial charge < -0.3 is 19.3 Å². The summed E-state index contributed by atoms with van der Waals surface area (Å²) in [5.74, 6) is -5.93. The van der Waals surface area contributed by atoms with E-state index in [1.807, 2.05) is 0 Å². The monoisotopic (exact) mass is 500 g/mol. The van der Waals surface area contributed by atoms with E-state index in [4.69, 9.17) is 0 Å². The van der Waals surface area contributed by atoms with Crippen LogP contribution in [-0.4, -0.2) is 47.2 Å². The molecule has 0 aliphatic heterocycles. The number of unbranched alkanes of at least 4 members (excludes halogenated alkanes) is 14. The molecule has 9 heteroatoms. The zero-order valence-corrected chi connectivity index (χ0v) is 21.7. The van der Waals surface area contributed by atoms with Crippen LogP contribution < -0.4 is 0 Å². The number of hydrogen-bond acceptors (Lipinski definition) is 8. The molecule has 0 heterocycles. The van der Waals surface area contributed by atoms with E-state index >= 15 is 0 Å². The van der Waals surface area contributed by atoms with Gasteiger partial charge in [0.05, 0.1) is 0 Å². The number of rotatable bonds is 21. The van der Waals surface area contributed by atoms with Crippen molar-refractivity contribution < 1.29 is 43.3 Å². The van der Waals surface area contributed by atoms with Crippen LogP contribution in [0, 0.1) is 0 Å². The van der Waals surface area contributed by atoms with Gasteiger partial charge in [0.25, 0.3) is 0 Å².